The van der Waals surface area contributed by atoms with E-state index in [1.165, 1.54) is 0 Å². The normalized spacial score (nSPS) is 13.6. The fourth-order valence-electron chi connectivity index (χ4n) is 1.90. The van der Waals surface area contributed by atoms with E-state index in [1.54, 1.807) is 18.2 Å². The molecule has 6 nitrogen and oxygen atoms in total. The molecule has 0 aromatic heterocycles. The lowest BCUT2D eigenvalue weighted by Gasteiger charge is -2.09. The van der Waals surface area contributed by atoms with Crippen LogP contribution in [0.4, 0.5) is 5.69 Å². The maximum atomic E-state index is 11.9. The molecule has 0 saturated heterocycles. The summed E-state index contributed by atoms with van der Waals surface area (Å²) < 4.78 is 5.32. The predicted molar refractivity (Wildman–Crippen MR) is 80.1 cm³/mol. The Labute approximate surface area is 124 Å². The number of carbonyl (C=O) groups excluding carboxylic acids is 2. The first-order chi connectivity index (χ1) is 10.1. The molecule has 21 heavy (non-hydrogen) atoms. The van der Waals surface area contributed by atoms with Crippen LogP contribution in [-0.4, -0.2) is 31.0 Å². The molecule has 0 radical (unpaired) electrons. The molecule has 0 aliphatic heterocycles. The van der Waals surface area contributed by atoms with Crippen molar-refractivity contribution in [1.29, 1.82) is 0 Å². The van der Waals surface area contributed by atoms with E-state index in [0.29, 0.717) is 36.2 Å². The molecule has 0 bridgehead atoms. The lowest BCUT2D eigenvalue weighted by atomic mass is 10.1. The third kappa shape index (κ3) is 4.66. The maximum Gasteiger partial charge on any atom is 0.251 e. The highest BCUT2D eigenvalue weighted by atomic mass is 16.5. The summed E-state index contributed by atoms with van der Waals surface area (Å²) in [6.07, 6.45) is 2.40. The molecule has 1 aliphatic rings. The minimum absolute atomic E-state index is 0.0241. The molecule has 1 saturated carbocycles. The molecule has 114 valence electrons. The van der Waals surface area contributed by atoms with Gasteiger partial charge in [-0.25, -0.2) is 0 Å². The molecule has 0 heterocycles. The van der Waals surface area contributed by atoms with Crippen molar-refractivity contribution in [2.45, 2.75) is 32.2 Å². The number of benzene rings is 1. The van der Waals surface area contributed by atoms with Crippen LogP contribution < -0.4 is 21.1 Å². The standard InChI is InChI=1S/C15H21N3O3/c1-2-21-13-6-3-10(9-12(13)16)15(20)17-8-7-14(19)18-11-4-5-11/h3,6,9,11H,2,4-5,7-8,16H2,1H3,(H,17,20)(H,18,19). The second kappa shape index (κ2) is 6.97. The molecule has 1 aliphatic carbocycles. The Hall–Kier alpha value is -2.24. The highest BCUT2D eigenvalue weighted by Gasteiger charge is 2.22. The molecule has 0 unspecified atom stereocenters. The summed E-state index contributed by atoms with van der Waals surface area (Å²) >= 11 is 0. The summed E-state index contributed by atoms with van der Waals surface area (Å²) in [5.74, 6) is 0.297. The Morgan fingerprint density at radius 3 is 2.76 bits per heavy atom. The van der Waals surface area contributed by atoms with Gasteiger partial charge in [0.25, 0.3) is 5.91 Å². The van der Waals surface area contributed by atoms with Crippen LogP contribution in [0.2, 0.25) is 0 Å². The number of amides is 2. The van der Waals surface area contributed by atoms with E-state index >= 15 is 0 Å². The summed E-state index contributed by atoms with van der Waals surface area (Å²) in [5, 5.41) is 5.58. The van der Waals surface area contributed by atoms with Gasteiger partial charge in [-0.3, -0.25) is 9.59 Å². The fourth-order valence-corrected chi connectivity index (χ4v) is 1.90. The van der Waals surface area contributed by atoms with Crippen molar-refractivity contribution in [3.05, 3.63) is 23.8 Å². The van der Waals surface area contributed by atoms with Gasteiger partial charge in [-0.05, 0) is 38.0 Å². The summed E-state index contributed by atoms with van der Waals surface area (Å²) in [5.41, 5.74) is 6.70. The zero-order chi connectivity index (χ0) is 15.2. The monoisotopic (exact) mass is 291 g/mol. The van der Waals surface area contributed by atoms with E-state index < -0.39 is 0 Å². The Morgan fingerprint density at radius 1 is 1.38 bits per heavy atom. The Kier molecular flexibility index (Phi) is 5.03. The summed E-state index contributed by atoms with van der Waals surface area (Å²) in [7, 11) is 0. The van der Waals surface area contributed by atoms with E-state index in [9.17, 15) is 9.59 Å². The number of anilines is 1. The predicted octanol–water partition coefficient (Wildman–Crippen LogP) is 1.07. The second-order valence-electron chi connectivity index (χ2n) is 5.03. The van der Waals surface area contributed by atoms with Crippen LogP contribution in [0.1, 0.15) is 36.5 Å². The molecule has 4 N–H and O–H groups in total. The van der Waals surface area contributed by atoms with Gasteiger partial charge in [-0.1, -0.05) is 0 Å². The van der Waals surface area contributed by atoms with Gasteiger partial charge in [0.15, 0.2) is 0 Å². The lowest BCUT2D eigenvalue weighted by Crippen LogP contribution is -2.31. The van der Waals surface area contributed by atoms with Crippen LogP contribution in [0.15, 0.2) is 18.2 Å². The van der Waals surface area contributed by atoms with Gasteiger partial charge in [-0.2, -0.15) is 0 Å². The van der Waals surface area contributed by atoms with Crippen molar-refractivity contribution in [2.75, 3.05) is 18.9 Å². The number of ether oxygens (including phenoxy) is 1. The van der Waals surface area contributed by atoms with Gasteiger partial charge < -0.3 is 21.1 Å². The molecule has 6 heteroatoms. The van der Waals surface area contributed by atoms with Crippen LogP contribution in [0.3, 0.4) is 0 Å². The number of hydrogen-bond acceptors (Lipinski definition) is 4. The summed E-state index contributed by atoms with van der Waals surface area (Å²) in [4.78, 5) is 23.4. The molecular weight excluding hydrogens is 270 g/mol. The first-order valence-electron chi connectivity index (χ1n) is 7.20. The molecule has 2 amide bonds. The Bertz CT molecular complexity index is 527. The molecule has 1 aromatic carbocycles. The molecule has 0 spiro atoms. The third-order valence-corrected chi connectivity index (χ3v) is 3.15. The van der Waals surface area contributed by atoms with Gasteiger partial charge in [0.05, 0.1) is 12.3 Å². The van der Waals surface area contributed by atoms with Crippen LogP contribution in [0, 0.1) is 0 Å². The number of nitrogen functional groups attached to an aromatic ring is 1. The molecule has 0 atom stereocenters. The highest BCUT2D eigenvalue weighted by molar-refractivity contribution is 5.95. The van der Waals surface area contributed by atoms with E-state index in [1.807, 2.05) is 6.92 Å². The number of nitrogens with two attached hydrogens (primary N) is 1. The van der Waals surface area contributed by atoms with Crippen LogP contribution in [0.25, 0.3) is 0 Å². The lowest BCUT2D eigenvalue weighted by molar-refractivity contribution is -0.121. The van der Waals surface area contributed by atoms with Gasteiger partial charge >= 0.3 is 0 Å². The quantitative estimate of drug-likeness (QED) is 0.655. The summed E-state index contributed by atoms with van der Waals surface area (Å²) in [6, 6.07) is 5.25. The van der Waals surface area contributed by atoms with Crippen LogP contribution in [0.5, 0.6) is 5.75 Å². The highest BCUT2D eigenvalue weighted by Crippen LogP contribution is 2.22. The zero-order valence-corrected chi connectivity index (χ0v) is 12.1. The van der Waals surface area contributed by atoms with Gasteiger partial charge in [-0.15, -0.1) is 0 Å². The third-order valence-electron chi connectivity index (χ3n) is 3.15. The zero-order valence-electron chi connectivity index (χ0n) is 12.1. The van der Waals surface area contributed by atoms with E-state index in [2.05, 4.69) is 10.6 Å². The van der Waals surface area contributed by atoms with E-state index in [4.69, 9.17) is 10.5 Å². The van der Waals surface area contributed by atoms with Crippen molar-refractivity contribution >= 4 is 17.5 Å². The number of carbonyl (C=O) groups is 2. The fraction of sp³-hybridized carbons (Fsp3) is 0.467. The van der Waals surface area contributed by atoms with Gasteiger partial charge in [0.1, 0.15) is 5.75 Å². The first kappa shape index (κ1) is 15.2. The van der Waals surface area contributed by atoms with E-state index in [0.717, 1.165) is 12.8 Å². The second-order valence-corrected chi connectivity index (χ2v) is 5.03. The smallest absolute Gasteiger partial charge is 0.251 e. The van der Waals surface area contributed by atoms with Gasteiger partial charge in [0, 0.05) is 24.6 Å². The van der Waals surface area contributed by atoms with E-state index in [-0.39, 0.29) is 18.2 Å². The minimum atomic E-state index is -0.246. The number of hydrogen-bond donors (Lipinski definition) is 3. The van der Waals surface area contributed by atoms with Crippen LogP contribution >= 0.6 is 0 Å². The topological polar surface area (TPSA) is 93.4 Å². The van der Waals surface area contributed by atoms with Crippen LogP contribution in [-0.2, 0) is 4.79 Å². The largest absolute Gasteiger partial charge is 0.492 e. The molecular formula is C15H21N3O3. The minimum Gasteiger partial charge on any atom is -0.492 e. The average molecular weight is 291 g/mol. The SMILES string of the molecule is CCOc1ccc(C(=O)NCCC(=O)NC2CC2)cc1N. The van der Waals surface area contributed by atoms with Crippen molar-refractivity contribution in [1.82, 2.24) is 10.6 Å². The Balaban J connectivity index is 1.79. The Morgan fingerprint density at radius 2 is 2.14 bits per heavy atom. The number of nitrogens with one attached hydrogen (secondary N) is 2. The first-order valence-corrected chi connectivity index (χ1v) is 7.20. The molecule has 1 aromatic rings. The summed E-state index contributed by atoms with van der Waals surface area (Å²) in [6.45, 7) is 2.70. The van der Waals surface area contributed by atoms with Crippen molar-refractivity contribution < 1.29 is 14.3 Å². The molecule has 1 fully saturated rings. The number of rotatable bonds is 7. The molecule has 2 rings (SSSR count). The van der Waals surface area contributed by atoms with Crippen molar-refractivity contribution in [2.24, 2.45) is 0 Å². The van der Waals surface area contributed by atoms with Gasteiger partial charge in [0.2, 0.25) is 5.91 Å². The maximum absolute atomic E-state index is 11.9. The van der Waals surface area contributed by atoms with Crippen molar-refractivity contribution in [3.63, 3.8) is 0 Å². The average Bonchev–Trinajstić information content (AvgIpc) is 3.25. The van der Waals surface area contributed by atoms with Crippen molar-refractivity contribution in [3.8, 4) is 5.75 Å².